The molecule has 0 bridgehead atoms. The molecule has 6 heteroatoms. The van der Waals surface area contributed by atoms with Crippen molar-refractivity contribution in [3.63, 3.8) is 0 Å². The number of esters is 3. The summed E-state index contributed by atoms with van der Waals surface area (Å²) in [5, 5.41) is 0. The van der Waals surface area contributed by atoms with Gasteiger partial charge in [-0.25, -0.2) is 0 Å². The minimum atomic E-state index is -0.813. The number of rotatable bonds is 48. The van der Waals surface area contributed by atoms with Crippen molar-refractivity contribution in [1.29, 1.82) is 0 Å². The highest BCUT2D eigenvalue weighted by Gasteiger charge is 2.19. The third-order valence-corrected chi connectivity index (χ3v) is 11.3. The van der Waals surface area contributed by atoms with Crippen LogP contribution < -0.4 is 0 Å². The number of allylic oxidation sites excluding steroid dienone is 20. The fraction of sp³-hybridized carbons (Fsp3) is 0.629. The summed E-state index contributed by atoms with van der Waals surface area (Å²) in [6.07, 6.45) is 76.0. The van der Waals surface area contributed by atoms with Crippen LogP contribution in [0.5, 0.6) is 0 Å². The van der Waals surface area contributed by atoms with Crippen LogP contribution in [0.2, 0.25) is 0 Å². The van der Waals surface area contributed by atoms with Crippen LogP contribution in [-0.4, -0.2) is 37.2 Å². The second-order valence-electron chi connectivity index (χ2n) is 17.9. The first kappa shape index (κ1) is 63.8. The molecule has 1 atom stereocenters. The maximum atomic E-state index is 12.8. The molecule has 0 aliphatic carbocycles. The molecular formula is C62H100O6. The maximum absolute atomic E-state index is 12.8. The Bertz CT molecular complexity index is 1450. The minimum Gasteiger partial charge on any atom is -0.462 e. The van der Waals surface area contributed by atoms with Crippen LogP contribution in [-0.2, 0) is 28.6 Å². The molecule has 0 aromatic carbocycles. The molecule has 384 valence electrons. The molecule has 0 aliphatic heterocycles. The van der Waals surface area contributed by atoms with E-state index in [2.05, 4.69) is 118 Å². The van der Waals surface area contributed by atoms with Gasteiger partial charge in [0.2, 0.25) is 0 Å². The van der Waals surface area contributed by atoms with E-state index in [0.29, 0.717) is 12.8 Å². The zero-order chi connectivity index (χ0) is 49.3. The van der Waals surface area contributed by atoms with Gasteiger partial charge in [-0.1, -0.05) is 232 Å². The lowest BCUT2D eigenvalue weighted by Gasteiger charge is -2.18. The van der Waals surface area contributed by atoms with Crippen molar-refractivity contribution in [2.75, 3.05) is 13.2 Å². The smallest absolute Gasteiger partial charge is 0.306 e. The Labute approximate surface area is 418 Å². The summed E-state index contributed by atoms with van der Waals surface area (Å²) in [6.45, 7) is 6.37. The van der Waals surface area contributed by atoms with E-state index in [1.54, 1.807) is 0 Å². The molecule has 0 rings (SSSR count). The predicted octanol–water partition coefficient (Wildman–Crippen LogP) is 18.5. The Morgan fingerprint density at radius 3 is 1.12 bits per heavy atom. The van der Waals surface area contributed by atoms with Crippen molar-refractivity contribution in [2.45, 2.75) is 239 Å². The van der Waals surface area contributed by atoms with Crippen LogP contribution in [0.4, 0.5) is 0 Å². The van der Waals surface area contributed by atoms with Gasteiger partial charge in [-0.15, -0.1) is 0 Å². The average molecular weight is 941 g/mol. The highest BCUT2D eigenvalue weighted by atomic mass is 16.6. The van der Waals surface area contributed by atoms with Gasteiger partial charge in [-0.05, 0) is 103 Å². The van der Waals surface area contributed by atoms with Crippen molar-refractivity contribution in [1.82, 2.24) is 0 Å². The topological polar surface area (TPSA) is 78.9 Å². The van der Waals surface area contributed by atoms with Gasteiger partial charge in [0, 0.05) is 19.3 Å². The second kappa shape index (κ2) is 55.4. The summed E-state index contributed by atoms with van der Waals surface area (Å²) in [5.74, 6) is -0.975. The Morgan fingerprint density at radius 2 is 0.662 bits per heavy atom. The summed E-state index contributed by atoms with van der Waals surface area (Å²) in [5.41, 5.74) is 0. The van der Waals surface area contributed by atoms with Gasteiger partial charge in [0.15, 0.2) is 6.10 Å². The lowest BCUT2D eigenvalue weighted by Crippen LogP contribution is -2.30. The van der Waals surface area contributed by atoms with Crippen LogP contribution in [0.15, 0.2) is 122 Å². The molecule has 1 unspecified atom stereocenters. The van der Waals surface area contributed by atoms with E-state index in [0.717, 1.165) is 128 Å². The Kier molecular flexibility index (Phi) is 52.0. The fourth-order valence-corrected chi connectivity index (χ4v) is 7.16. The van der Waals surface area contributed by atoms with Crippen molar-refractivity contribution in [2.24, 2.45) is 0 Å². The third kappa shape index (κ3) is 52.8. The molecule has 0 heterocycles. The highest BCUT2D eigenvalue weighted by molar-refractivity contribution is 5.71. The summed E-state index contributed by atoms with van der Waals surface area (Å²) in [6, 6.07) is 0. The first-order chi connectivity index (χ1) is 33.5. The van der Waals surface area contributed by atoms with Crippen LogP contribution >= 0.6 is 0 Å². The average Bonchev–Trinajstić information content (AvgIpc) is 3.34. The molecule has 68 heavy (non-hydrogen) atoms. The Morgan fingerprint density at radius 1 is 0.324 bits per heavy atom. The standard InChI is InChI=1S/C62H100O6/c1-4-7-10-13-16-19-22-25-28-31-32-35-37-40-43-46-49-52-55-61(64)67-58-59(68-62(65)56-53-50-47-44-41-38-34-30-27-24-21-18-15-12-9-6-3)57-66-60(63)54-51-48-45-42-39-36-33-29-26-23-20-17-14-11-8-5-2/h9-10,12-13,16,18-19,21-22,25,27-33,35,38,41,59H,4-8,11,14-15,17,20,23-24,26,34,36-37,39-40,42-58H2,1-3H3/b12-9-,13-10-,19-16-,21-18-,25-22-,30-27-,31-28-,33-29-,35-32-,41-38-. The van der Waals surface area contributed by atoms with Crippen LogP contribution in [0.25, 0.3) is 0 Å². The summed E-state index contributed by atoms with van der Waals surface area (Å²) in [7, 11) is 0. The molecule has 0 saturated heterocycles. The van der Waals surface area contributed by atoms with Crippen molar-refractivity contribution >= 4 is 17.9 Å². The van der Waals surface area contributed by atoms with Crippen LogP contribution in [0.1, 0.15) is 233 Å². The van der Waals surface area contributed by atoms with Crippen LogP contribution in [0.3, 0.4) is 0 Å². The SMILES string of the molecule is CC/C=C\C/C=C\C/C=C\C/C=C\CCCCCC(=O)OC(COC(=O)CCCCCCC\C=C/C=C\C=C/C=C\C=C/CCC)COC(=O)CCCCCCC/C=C\CCCCCCCCC. The lowest BCUT2D eigenvalue weighted by atomic mass is 10.1. The molecular weight excluding hydrogens is 841 g/mol. The van der Waals surface area contributed by atoms with Crippen molar-refractivity contribution in [3.8, 4) is 0 Å². The molecule has 0 amide bonds. The third-order valence-electron chi connectivity index (χ3n) is 11.3. The van der Waals surface area contributed by atoms with E-state index in [-0.39, 0.29) is 37.5 Å². The first-order valence-electron chi connectivity index (χ1n) is 27.6. The van der Waals surface area contributed by atoms with E-state index in [1.165, 1.54) is 64.2 Å². The fourth-order valence-electron chi connectivity index (χ4n) is 7.16. The predicted molar refractivity (Wildman–Crippen MR) is 293 cm³/mol. The normalized spacial score (nSPS) is 13.0. The quantitative estimate of drug-likeness (QED) is 0.0199. The summed E-state index contributed by atoms with van der Waals surface area (Å²) < 4.78 is 16.8. The highest BCUT2D eigenvalue weighted by Crippen LogP contribution is 2.13. The largest absolute Gasteiger partial charge is 0.462 e. The Balaban J connectivity index is 4.53. The van der Waals surface area contributed by atoms with E-state index in [4.69, 9.17) is 14.2 Å². The number of carbonyl (C=O) groups is 3. The number of unbranched alkanes of at least 4 members (excludes halogenated alkanes) is 21. The molecule has 0 aromatic heterocycles. The Hall–Kier alpha value is -4.19. The molecule has 0 aliphatic rings. The van der Waals surface area contributed by atoms with E-state index in [1.807, 2.05) is 24.3 Å². The molecule has 0 saturated carbocycles. The van der Waals surface area contributed by atoms with E-state index < -0.39 is 6.10 Å². The van der Waals surface area contributed by atoms with Crippen molar-refractivity contribution < 1.29 is 28.6 Å². The lowest BCUT2D eigenvalue weighted by molar-refractivity contribution is -0.167. The molecule has 0 spiro atoms. The minimum absolute atomic E-state index is 0.107. The number of carbonyl (C=O) groups excluding carboxylic acids is 3. The maximum Gasteiger partial charge on any atom is 0.306 e. The first-order valence-corrected chi connectivity index (χ1v) is 27.6. The zero-order valence-corrected chi connectivity index (χ0v) is 43.8. The summed E-state index contributed by atoms with van der Waals surface area (Å²) >= 11 is 0. The number of hydrogen-bond donors (Lipinski definition) is 0. The van der Waals surface area contributed by atoms with Gasteiger partial charge in [0.05, 0.1) is 0 Å². The van der Waals surface area contributed by atoms with E-state index in [9.17, 15) is 14.4 Å². The zero-order valence-electron chi connectivity index (χ0n) is 43.8. The molecule has 0 N–H and O–H groups in total. The molecule has 0 aromatic rings. The summed E-state index contributed by atoms with van der Waals surface area (Å²) in [4.78, 5) is 38.1. The van der Waals surface area contributed by atoms with Gasteiger partial charge in [-0.2, -0.15) is 0 Å². The molecule has 0 radical (unpaired) electrons. The van der Waals surface area contributed by atoms with Gasteiger partial charge >= 0.3 is 17.9 Å². The van der Waals surface area contributed by atoms with Gasteiger partial charge in [0.25, 0.3) is 0 Å². The van der Waals surface area contributed by atoms with Crippen molar-refractivity contribution in [3.05, 3.63) is 122 Å². The second-order valence-corrected chi connectivity index (χ2v) is 17.9. The van der Waals surface area contributed by atoms with Gasteiger partial charge in [-0.3, -0.25) is 14.4 Å². The van der Waals surface area contributed by atoms with E-state index >= 15 is 0 Å². The number of hydrogen-bond acceptors (Lipinski definition) is 6. The molecule has 0 fully saturated rings. The van der Waals surface area contributed by atoms with Gasteiger partial charge in [0.1, 0.15) is 13.2 Å². The number of ether oxygens (including phenoxy) is 3. The van der Waals surface area contributed by atoms with Crippen LogP contribution in [0, 0.1) is 0 Å². The van der Waals surface area contributed by atoms with Gasteiger partial charge < -0.3 is 14.2 Å². The monoisotopic (exact) mass is 941 g/mol. The molecule has 6 nitrogen and oxygen atoms in total.